The highest BCUT2D eigenvalue weighted by molar-refractivity contribution is 6.46. The van der Waals surface area contributed by atoms with Gasteiger partial charge in [-0.25, -0.2) is 0 Å². The number of likely N-dealkylation sites (tertiary alicyclic amines) is 1. The Hall–Kier alpha value is -3.52. The molecule has 0 spiro atoms. The molecule has 0 aliphatic carbocycles. The molecule has 206 valence electrons. The smallest absolute Gasteiger partial charge is 0.295 e. The fourth-order valence-corrected chi connectivity index (χ4v) is 4.72. The van der Waals surface area contributed by atoms with Crippen molar-refractivity contribution in [3.63, 3.8) is 0 Å². The van der Waals surface area contributed by atoms with E-state index in [1.165, 1.54) is 0 Å². The number of aliphatic hydroxyl groups excluding tert-OH is 1. The lowest BCUT2D eigenvalue weighted by molar-refractivity contribution is -0.140. The Balaban J connectivity index is 2.13. The highest BCUT2D eigenvalue weighted by atomic mass is 16.5. The van der Waals surface area contributed by atoms with E-state index in [1.54, 1.807) is 49.5 Å². The quantitative estimate of drug-likeness (QED) is 0.172. The van der Waals surface area contributed by atoms with Crippen LogP contribution in [-0.4, -0.2) is 73.6 Å². The minimum Gasteiger partial charge on any atom is -0.507 e. The molecule has 0 saturated carbocycles. The number of nitrogens with zero attached hydrogens (tertiary/aromatic N) is 2. The average molecular weight is 525 g/mol. The van der Waals surface area contributed by atoms with Crippen molar-refractivity contribution in [3.05, 3.63) is 58.7 Å². The zero-order valence-electron chi connectivity index (χ0n) is 23.4. The van der Waals surface area contributed by atoms with Gasteiger partial charge in [0.15, 0.2) is 11.5 Å². The van der Waals surface area contributed by atoms with Crippen molar-refractivity contribution in [2.75, 3.05) is 47.0 Å². The van der Waals surface area contributed by atoms with Gasteiger partial charge in [0, 0.05) is 18.7 Å². The summed E-state index contributed by atoms with van der Waals surface area (Å²) in [4.78, 5) is 30.5. The largest absolute Gasteiger partial charge is 0.507 e. The van der Waals surface area contributed by atoms with Crippen LogP contribution in [0.5, 0.6) is 17.2 Å². The van der Waals surface area contributed by atoms with E-state index < -0.39 is 17.7 Å². The van der Waals surface area contributed by atoms with Gasteiger partial charge in [-0.3, -0.25) is 9.59 Å². The molecule has 8 nitrogen and oxygen atoms in total. The van der Waals surface area contributed by atoms with Crippen LogP contribution in [0.2, 0.25) is 0 Å². The third kappa shape index (κ3) is 6.13. The number of benzene rings is 2. The second-order valence-electron chi connectivity index (χ2n) is 9.31. The fraction of sp³-hybridized carbons (Fsp3) is 0.467. The highest BCUT2D eigenvalue weighted by Gasteiger charge is 2.46. The van der Waals surface area contributed by atoms with Gasteiger partial charge >= 0.3 is 0 Å². The molecule has 2 aromatic rings. The molecule has 1 aliphatic rings. The van der Waals surface area contributed by atoms with Gasteiger partial charge in [-0.15, -0.1) is 0 Å². The van der Waals surface area contributed by atoms with Crippen LogP contribution in [-0.2, 0) is 9.59 Å². The van der Waals surface area contributed by atoms with Gasteiger partial charge in [0.1, 0.15) is 11.5 Å². The SMILES string of the molecule is CCCCOc1ccc(C2C(=C(O)c3ccc(OC)cc3C)C(=O)C(=O)N2CCN(CC)CC)cc1OC. The zero-order valence-corrected chi connectivity index (χ0v) is 23.4. The summed E-state index contributed by atoms with van der Waals surface area (Å²) in [5.74, 6) is 0.200. The first-order valence-electron chi connectivity index (χ1n) is 13.3. The summed E-state index contributed by atoms with van der Waals surface area (Å²) < 4.78 is 16.8. The third-order valence-corrected chi connectivity index (χ3v) is 7.04. The molecule has 3 rings (SSSR count). The zero-order chi connectivity index (χ0) is 27.8. The van der Waals surface area contributed by atoms with Crippen molar-refractivity contribution in [2.24, 2.45) is 0 Å². The Labute approximate surface area is 225 Å². The van der Waals surface area contributed by atoms with E-state index in [9.17, 15) is 14.7 Å². The number of rotatable bonds is 13. The predicted molar refractivity (Wildman–Crippen MR) is 148 cm³/mol. The summed E-state index contributed by atoms with van der Waals surface area (Å²) in [5, 5.41) is 11.5. The number of carbonyl (C=O) groups is 2. The maximum absolute atomic E-state index is 13.4. The van der Waals surface area contributed by atoms with Crippen LogP contribution in [0.4, 0.5) is 0 Å². The fourth-order valence-electron chi connectivity index (χ4n) is 4.72. The maximum Gasteiger partial charge on any atom is 0.295 e. The number of hydrogen-bond acceptors (Lipinski definition) is 7. The van der Waals surface area contributed by atoms with Crippen LogP contribution in [0.3, 0.4) is 0 Å². The number of likely N-dealkylation sites (N-methyl/N-ethyl adjacent to an activating group) is 1. The summed E-state index contributed by atoms with van der Waals surface area (Å²) in [6.07, 6.45) is 1.92. The van der Waals surface area contributed by atoms with E-state index in [2.05, 4.69) is 25.7 Å². The maximum atomic E-state index is 13.4. The molecule has 0 radical (unpaired) electrons. The van der Waals surface area contributed by atoms with Crippen molar-refractivity contribution in [2.45, 2.75) is 46.6 Å². The van der Waals surface area contributed by atoms with Crippen molar-refractivity contribution >= 4 is 17.4 Å². The third-order valence-electron chi connectivity index (χ3n) is 7.04. The predicted octanol–water partition coefficient (Wildman–Crippen LogP) is 4.95. The summed E-state index contributed by atoms with van der Waals surface area (Å²) in [5.41, 5.74) is 1.93. The van der Waals surface area contributed by atoms with E-state index in [0.29, 0.717) is 48.1 Å². The number of hydrogen-bond donors (Lipinski definition) is 1. The van der Waals surface area contributed by atoms with Gasteiger partial charge in [0.2, 0.25) is 0 Å². The van der Waals surface area contributed by atoms with Crippen LogP contribution in [0.25, 0.3) is 5.76 Å². The molecule has 0 aromatic heterocycles. The Morgan fingerprint density at radius 1 is 1.00 bits per heavy atom. The Bertz CT molecular complexity index is 1170. The Kier molecular flexibility index (Phi) is 10.2. The van der Waals surface area contributed by atoms with E-state index in [4.69, 9.17) is 14.2 Å². The first-order valence-corrected chi connectivity index (χ1v) is 13.3. The van der Waals surface area contributed by atoms with Crippen molar-refractivity contribution in [3.8, 4) is 17.2 Å². The molecule has 1 fully saturated rings. The van der Waals surface area contributed by atoms with E-state index in [1.807, 2.05) is 13.0 Å². The molecular weight excluding hydrogens is 484 g/mol. The molecule has 2 aromatic carbocycles. The molecule has 1 amide bonds. The first kappa shape index (κ1) is 29.0. The van der Waals surface area contributed by atoms with Gasteiger partial charge in [0.05, 0.1) is 32.4 Å². The standard InChI is InChI=1S/C30H40N2O6/c1-7-10-17-38-24-14-11-21(19-25(24)37-6)27-26(28(33)23-13-12-22(36-5)18-20(23)4)29(34)30(35)32(27)16-15-31(8-2)9-3/h11-14,18-19,27,33H,7-10,15-17H2,1-6H3. The molecule has 1 unspecified atom stereocenters. The summed E-state index contributed by atoms with van der Waals surface area (Å²) >= 11 is 0. The van der Waals surface area contributed by atoms with E-state index >= 15 is 0 Å². The number of carbonyl (C=O) groups excluding carboxylic acids is 2. The topological polar surface area (TPSA) is 88.5 Å². The summed E-state index contributed by atoms with van der Waals surface area (Å²) in [6, 6.07) is 9.85. The molecule has 8 heteroatoms. The number of unbranched alkanes of at least 4 members (excludes halogenated alkanes) is 1. The molecule has 1 saturated heterocycles. The molecule has 0 bridgehead atoms. The minimum atomic E-state index is -0.773. The number of amides is 1. The van der Waals surface area contributed by atoms with Crippen molar-refractivity contribution in [1.29, 1.82) is 0 Å². The van der Waals surface area contributed by atoms with Crippen LogP contribution in [0, 0.1) is 6.92 Å². The van der Waals surface area contributed by atoms with Gasteiger partial charge < -0.3 is 29.1 Å². The molecule has 1 N–H and O–H groups in total. The van der Waals surface area contributed by atoms with Crippen LogP contribution < -0.4 is 14.2 Å². The first-order chi connectivity index (χ1) is 18.3. The lowest BCUT2D eigenvalue weighted by Gasteiger charge is -2.28. The lowest BCUT2D eigenvalue weighted by atomic mass is 9.93. The van der Waals surface area contributed by atoms with E-state index in [-0.39, 0.29) is 11.3 Å². The van der Waals surface area contributed by atoms with Crippen molar-refractivity contribution in [1.82, 2.24) is 9.80 Å². The number of methoxy groups -OCH3 is 2. The average Bonchev–Trinajstić information content (AvgIpc) is 3.18. The summed E-state index contributed by atoms with van der Waals surface area (Å²) in [7, 11) is 3.13. The molecule has 38 heavy (non-hydrogen) atoms. The molecular formula is C30H40N2O6. The van der Waals surface area contributed by atoms with Gasteiger partial charge in [-0.1, -0.05) is 33.3 Å². The normalized spacial score (nSPS) is 16.8. The highest BCUT2D eigenvalue weighted by Crippen LogP contribution is 2.42. The lowest BCUT2D eigenvalue weighted by Crippen LogP contribution is -2.38. The van der Waals surface area contributed by atoms with Crippen LogP contribution in [0.15, 0.2) is 42.0 Å². The number of aryl methyl sites for hydroxylation is 1. The number of aliphatic hydroxyl groups is 1. The van der Waals surface area contributed by atoms with Gasteiger partial charge in [-0.2, -0.15) is 0 Å². The summed E-state index contributed by atoms with van der Waals surface area (Å²) in [6.45, 7) is 11.2. The number of ketones is 1. The second-order valence-corrected chi connectivity index (χ2v) is 9.31. The van der Waals surface area contributed by atoms with E-state index in [0.717, 1.165) is 31.5 Å². The Morgan fingerprint density at radius 3 is 2.34 bits per heavy atom. The van der Waals surface area contributed by atoms with Gasteiger partial charge in [-0.05, 0) is 67.9 Å². The molecule has 1 aliphatic heterocycles. The number of Topliss-reactive ketones (excluding diaryl/α,β-unsaturated/α-hetero) is 1. The Morgan fingerprint density at radius 2 is 1.74 bits per heavy atom. The van der Waals surface area contributed by atoms with Crippen LogP contribution in [0.1, 0.15) is 56.3 Å². The monoisotopic (exact) mass is 524 g/mol. The van der Waals surface area contributed by atoms with Gasteiger partial charge in [0.25, 0.3) is 11.7 Å². The second kappa shape index (κ2) is 13.3. The molecule has 1 atom stereocenters. The molecule has 1 heterocycles. The van der Waals surface area contributed by atoms with Crippen LogP contribution >= 0.6 is 0 Å². The van der Waals surface area contributed by atoms with Crippen molar-refractivity contribution < 1.29 is 28.9 Å². The minimum absolute atomic E-state index is 0.0597. The number of ether oxygens (including phenoxy) is 3.